The van der Waals surface area contributed by atoms with Crippen LogP contribution in [0, 0.1) is 0 Å². The van der Waals surface area contributed by atoms with Crippen LogP contribution in [0.4, 0.5) is 0 Å². The van der Waals surface area contributed by atoms with E-state index in [0.29, 0.717) is 29.5 Å². The van der Waals surface area contributed by atoms with Crippen LogP contribution in [-0.4, -0.2) is 21.8 Å². The van der Waals surface area contributed by atoms with Crippen molar-refractivity contribution in [2.75, 3.05) is 6.61 Å². The minimum absolute atomic E-state index is 0.00763. The van der Waals surface area contributed by atoms with E-state index in [2.05, 4.69) is 25.3 Å². The maximum atomic E-state index is 13.5. The summed E-state index contributed by atoms with van der Waals surface area (Å²) < 4.78 is 8.88. The second-order valence-electron chi connectivity index (χ2n) is 8.00. The molecule has 160 valence electrons. The third kappa shape index (κ3) is 3.65. The van der Waals surface area contributed by atoms with Gasteiger partial charge in [0.15, 0.2) is 11.2 Å². The minimum atomic E-state index is -0.0291. The van der Waals surface area contributed by atoms with Gasteiger partial charge < -0.3 is 9.14 Å². The van der Waals surface area contributed by atoms with Crippen molar-refractivity contribution in [1.29, 1.82) is 0 Å². The molecule has 0 atom stereocenters. The Labute approximate surface area is 193 Å². The van der Waals surface area contributed by atoms with Crippen LogP contribution in [0.2, 0.25) is 0 Å². The van der Waals surface area contributed by atoms with E-state index >= 15 is 0 Å². The van der Waals surface area contributed by atoms with E-state index in [1.807, 2.05) is 49.5 Å². The summed E-state index contributed by atoms with van der Waals surface area (Å²) in [5, 5.41) is 2.54. The molecule has 0 saturated carbocycles. The first-order valence-electron chi connectivity index (χ1n) is 10.6. The smallest absolute Gasteiger partial charge is 0.193 e. The molecule has 0 N–H and O–H groups in total. The average Bonchev–Trinajstić information content (AvgIpc) is 3.09. The fourth-order valence-electron chi connectivity index (χ4n) is 4.27. The molecule has 0 aliphatic rings. The monoisotopic (exact) mass is 488 g/mol. The van der Waals surface area contributed by atoms with Crippen LogP contribution in [0.25, 0.3) is 27.2 Å². The number of ketones is 1. The molecule has 0 saturated heterocycles. The Balaban J connectivity index is 1.73. The lowest BCUT2D eigenvalue weighted by Crippen LogP contribution is -2.13. The predicted molar refractivity (Wildman–Crippen MR) is 130 cm³/mol. The molecule has 3 aromatic heterocycles. The van der Waals surface area contributed by atoms with Gasteiger partial charge in [-0.15, -0.1) is 0 Å². The molecule has 2 aromatic carbocycles. The molecule has 0 unspecified atom stereocenters. The van der Waals surface area contributed by atoms with E-state index in [1.165, 1.54) is 0 Å². The SMILES string of the molecule is CCCC(=O)COc1cc2c(=O)c(Cc3cccnc3)cn3c4ccc(Br)cc4c(c1)c23. The fraction of sp³-hybridized carbons (Fsp3) is 0.192. The van der Waals surface area contributed by atoms with Crippen molar-refractivity contribution in [3.05, 3.63) is 86.9 Å². The van der Waals surface area contributed by atoms with Gasteiger partial charge in [-0.1, -0.05) is 28.9 Å². The summed E-state index contributed by atoms with van der Waals surface area (Å²) in [4.78, 5) is 29.7. The Kier molecular flexibility index (Phi) is 5.39. The molecule has 32 heavy (non-hydrogen) atoms. The van der Waals surface area contributed by atoms with Crippen LogP contribution in [-0.2, 0) is 11.2 Å². The van der Waals surface area contributed by atoms with Gasteiger partial charge in [-0.05, 0) is 48.4 Å². The number of halogens is 1. The van der Waals surface area contributed by atoms with Crippen LogP contribution in [0.1, 0.15) is 30.9 Å². The number of nitrogens with zero attached hydrogens (tertiary/aromatic N) is 2. The number of hydrogen-bond acceptors (Lipinski definition) is 4. The minimum Gasteiger partial charge on any atom is -0.486 e. The third-order valence-corrected chi connectivity index (χ3v) is 6.19. The Morgan fingerprint density at radius 2 is 1.97 bits per heavy atom. The molecule has 3 heterocycles. The van der Waals surface area contributed by atoms with Gasteiger partial charge in [0.1, 0.15) is 12.4 Å². The van der Waals surface area contributed by atoms with Gasteiger partial charge >= 0.3 is 0 Å². The van der Waals surface area contributed by atoms with Crippen molar-refractivity contribution < 1.29 is 9.53 Å². The maximum Gasteiger partial charge on any atom is 0.193 e. The first-order chi connectivity index (χ1) is 15.5. The number of hydrogen-bond donors (Lipinski definition) is 0. The third-order valence-electron chi connectivity index (χ3n) is 5.70. The van der Waals surface area contributed by atoms with Gasteiger partial charge in [0.2, 0.25) is 0 Å². The van der Waals surface area contributed by atoms with Gasteiger partial charge in [-0.2, -0.15) is 0 Å². The zero-order chi connectivity index (χ0) is 22.2. The summed E-state index contributed by atoms with van der Waals surface area (Å²) in [7, 11) is 0. The normalized spacial score (nSPS) is 11.6. The van der Waals surface area contributed by atoms with E-state index < -0.39 is 0 Å². The van der Waals surface area contributed by atoms with Crippen molar-refractivity contribution in [3.63, 3.8) is 0 Å². The first-order valence-corrected chi connectivity index (χ1v) is 11.4. The maximum absolute atomic E-state index is 13.5. The van der Waals surface area contributed by atoms with Crippen molar-refractivity contribution >= 4 is 48.9 Å². The number of rotatable bonds is 7. The van der Waals surface area contributed by atoms with Gasteiger partial charge in [0, 0.05) is 52.2 Å². The van der Waals surface area contributed by atoms with Crippen molar-refractivity contribution in [2.24, 2.45) is 0 Å². The molecular formula is C26H21BrN2O3. The summed E-state index contributed by atoms with van der Waals surface area (Å²) in [6.07, 6.45) is 7.20. The number of carbonyl (C=O) groups is 1. The summed E-state index contributed by atoms with van der Waals surface area (Å²) in [5.41, 5.74) is 3.51. The highest BCUT2D eigenvalue weighted by Crippen LogP contribution is 2.35. The molecule has 0 aliphatic heterocycles. The zero-order valence-corrected chi connectivity index (χ0v) is 19.2. The number of pyridine rings is 2. The number of Topliss-reactive ketones (excluding diaryl/α,β-unsaturated/α-hetero) is 1. The summed E-state index contributed by atoms with van der Waals surface area (Å²) in [6.45, 7) is 1.98. The Morgan fingerprint density at radius 1 is 1.12 bits per heavy atom. The predicted octanol–water partition coefficient (Wildman–Crippen LogP) is 5.54. The number of ether oxygens (including phenoxy) is 1. The second-order valence-corrected chi connectivity index (χ2v) is 8.91. The quantitative estimate of drug-likeness (QED) is 0.301. The van der Waals surface area contributed by atoms with E-state index in [1.54, 1.807) is 18.5 Å². The summed E-state index contributed by atoms with van der Waals surface area (Å²) >= 11 is 3.56. The average molecular weight is 489 g/mol. The Bertz CT molecular complexity index is 1510. The highest BCUT2D eigenvalue weighted by Gasteiger charge is 2.18. The van der Waals surface area contributed by atoms with Gasteiger partial charge in [0.05, 0.1) is 16.4 Å². The standard InChI is InChI=1S/C26H21BrN2O3/c1-2-4-19(30)15-32-20-11-22-21-10-18(27)6-7-24(21)29-14-17(9-16-5-3-8-28-13-16)26(31)23(12-20)25(22)29/h3,5-8,10-14H,2,4,9,15H2,1H3. The lowest BCUT2D eigenvalue weighted by atomic mass is 10.0. The van der Waals surface area contributed by atoms with E-state index in [4.69, 9.17) is 4.74 Å². The molecule has 5 nitrogen and oxygen atoms in total. The molecule has 0 fully saturated rings. The lowest BCUT2D eigenvalue weighted by Gasteiger charge is -2.10. The molecule has 0 amide bonds. The topological polar surface area (TPSA) is 60.7 Å². The van der Waals surface area contributed by atoms with Crippen LogP contribution >= 0.6 is 15.9 Å². The molecule has 5 rings (SSSR count). The van der Waals surface area contributed by atoms with Gasteiger partial charge in [-0.25, -0.2) is 0 Å². The highest BCUT2D eigenvalue weighted by atomic mass is 79.9. The molecule has 0 spiro atoms. The second kappa shape index (κ2) is 8.36. The summed E-state index contributed by atoms with van der Waals surface area (Å²) in [5.74, 6) is 0.585. The van der Waals surface area contributed by atoms with E-state index in [-0.39, 0.29) is 17.8 Å². The molecule has 0 aliphatic carbocycles. The number of fused-ring (bicyclic) bond motifs is 3. The van der Waals surface area contributed by atoms with E-state index in [0.717, 1.165) is 38.3 Å². The Hall–Kier alpha value is -3.25. The molecular weight excluding hydrogens is 468 g/mol. The highest BCUT2D eigenvalue weighted by molar-refractivity contribution is 9.10. The van der Waals surface area contributed by atoms with Gasteiger partial charge in [0.25, 0.3) is 0 Å². The lowest BCUT2D eigenvalue weighted by molar-refractivity contribution is -0.121. The van der Waals surface area contributed by atoms with Crippen LogP contribution in [0.3, 0.4) is 0 Å². The zero-order valence-electron chi connectivity index (χ0n) is 17.6. The van der Waals surface area contributed by atoms with E-state index in [9.17, 15) is 9.59 Å². The van der Waals surface area contributed by atoms with Crippen LogP contribution < -0.4 is 10.2 Å². The molecule has 0 radical (unpaired) electrons. The van der Waals surface area contributed by atoms with Crippen molar-refractivity contribution in [1.82, 2.24) is 9.38 Å². The largest absolute Gasteiger partial charge is 0.486 e. The Morgan fingerprint density at radius 3 is 2.75 bits per heavy atom. The first kappa shape index (κ1) is 20.6. The molecule has 0 bridgehead atoms. The fourth-order valence-corrected chi connectivity index (χ4v) is 4.63. The number of aromatic nitrogens is 2. The molecule has 5 aromatic rings. The summed E-state index contributed by atoms with van der Waals surface area (Å²) in [6, 6.07) is 13.6. The molecule has 6 heteroatoms. The van der Waals surface area contributed by atoms with Crippen molar-refractivity contribution in [2.45, 2.75) is 26.2 Å². The number of carbonyl (C=O) groups excluding carboxylic acids is 1. The van der Waals surface area contributed by atoms with Gasteiger partial charge in [-0.3, -0.25) is 14.6 Å². The number of benzene rings is 2. The van der Waals surface area contributed by atoms with Crippen LogP contribution in [0.15, 0.2) is 70.3 Å². The van der Waals surface area contributed by atoms with Crippen molar-refractivity contribution in [3.8, 4) is 5.75 Å². The van der Waals surface area contributed by atoms with Crippen LogP contribution in [0.5, 0.6) is 5.75 Å².